The van der Waals surface area contributed by atoms with E-state index in [0.29, 0.717) is 39.3 Å². The van der Waals surface area contributed by atoms with Gasteiger partial charge in [0.1, 0.15) is 20.4 Å². The maximum Gasteiger partial charge on any atom is 0.112 e. The van der Waals surface area contributed by atoms with Crippen LogP contribution in [0.1, 0.15) is 25.7 Å². The Hall–Kier alpha value is 1.18. The Labute approximate surface area is 183 Å². The Morgan fingerprint density at radius 3 is 1.69 bits per heavy atom. The topological polar surface area (TPSA) is 75.6 Å². The molecule has 1 N–H and O–H groups in total. The summed E-state index contributed by atoms with van der Waals surface area (Å²) in [6.07, 6.45) is 2.46. The lowest BCUT2D eigenvalue weighted by Gasteiger charge is -2.20. The van der Waals surface area contributed by atoms with Crippen molar-refractivity contribution in [3.05, 3.63) is 0 Å². The second kappa shape index (κ2) is 12.7. The van der Waals surface area contributed by atoms with Gasteiger partial charge in [-0.25, -0.2) is 0 Å². The first-order chi connectivity index (χ1) is 12.5. The number of rotatable bonds is 12. The van der Waals surface area contributed by atoms with Gasteiger partial charge in [0, 0.05) is 40.3 Å². The number of hydrogen-bond acceptors (Lipinski definition) is 7. The van der Waals surface area contributed by atoms with E-state index in [2.05, 4.69) is 45.2 Å². The average Bonchev–Trinajstić information content (AvgIpc) is 3.11. The first-order valence-corrected chi connectivity index (χ1v) is 11.5. The fraction of sp³-hybridized carbons (Fsp3) is 1.00. The molecule has 154 valence electrons. The van der Waals surface area contributed by atoms with E-state index < -0.39 is 6.10 Å². The number of alkyl halides is 2. The molecule has 0 spiro atoms. The van der Waals surface area contributed by atoms with Crippen LogP contribution in [0.15, 0.2) is 0 Å². The van der Waals surface area contributed by atoms with Crippen molar-refractivity contribution in [2.45, 2.75) is 64.4 Å². The molecule has 6 atom stereocenters. The minimum absolute atomic E-state index is 0.0244. The van der Waals surface area contributed by atoms with E-state index in [4.69, 9.17) is 28.4 Å². The third-order valence-electron chi connectivity index (χ3n) is 4.54. The van der Waals surface area contributed by atoms with Gasteiger partial charge >= 0.3 is 0 Å². The summed E-state index contributed by atoms with van der Waals surface area (Å²) in [5.41, 5.74) is 0. The summed E-state index contributed by atoms with van der Waals surface area (Å²) in [4.78, 5) is 0. The first kappa shape index (κ1) is 23.5. The summed E-state index contributed by atoms with van der Waals surface area (Å²) in [7, 11) is 3.33. The lowest BCUT2D eigenvalue weighted by Crippen LogP contribution is -2.30. The monoisotopic (exact) mass is 600 g/mol. The largest absolute Gasteiger partial charge is 0.393 e. The standard InChI is InChI=1S/C17H30I2O7/c1-21-9-14-12(7-16(18)25-14)23-5-3-11(20)4-6-24-13-8-17(19)26-15(13)10-22-2/h11-17,20H,3-10H2,1-2H3/t11?,12-,13-,14?,15?,16-,17-/m1/s1. The van der Waals surface area contributed by atoms with Crippen molar-refractivity contribution >= 4 is 45.2 Å². The molecule has 2 fully saturated rings. The molecule has 0 bridgehead atoms. The molecular formula is C17H30I2O7. The quantitative estimate of drug-likeness (QED) is 0.273. The van der Waals surface area contributed by atoms with Crippen molar-refractivity contribution in [3.8, 4) is 0 Å². The lowest BCUT2D eigenvalue weighted by atomic mass is 10.1. The van der Waals surface area contributed by atoms with E-state index in [9.17, 15) is 5.11 Å². The van der Waals surface area contributed by atoms with Gasteiger partial charge in [-0.15, -0.1) is 0 Å². The Morgan fingerprint density at radius 1 is 0.885 bits per heavy atom. The highest BCUT2D eigenvalue weighted by Crippen LogP contribution is 2.29. The zero-order valence-electron chi connectivity index (χ0n) is 15.4. The van der Waals surface area contributed by atoms with Gasteiger partial charge in [-0.1, -0.05) is 45.2 Å². The first-order valence-electron chi connectivity index (χ1n) is 9.01. The van der Waals surface area contributed by atoms with Crippen LogP contribution in [0, 0.1) is 0 Å². The Bertz CT molecular complexity index is 356. The predicted molar refractivity (Wildman–Crippen MR) is 113 cm³/mol. The van der Waals surface area contributed by atoms with Crippen molar-refractivity contribution < 1.29 is 33.5 Å². The van der Waals surface area contributed by atoms with E-state index in [0.717, 1.165) is 12.8 Å². The molecule has 2 unspecified atom stereocenters. The highest BCUT2D eigenvalue weighted by Gasteiger charge is 2.35. The minimum Gasteiger partial charge on any atom is -0.393 e. The second-order valence-corrected chi connectivity index (χ2v) is 9.38. The zero-order valence-corrected chi connectivity index (χ0v) is 19.7. The average molecular weight is 600 g/mol. The fourth-order valence-electron chi connectivity index (χ4n) is 3.16. The van der Waals surface area contributed by atoms with E-state index in [1.807, 2.05) is 0 Å². The Balaban J connectivity index is 1.58. The van der Waals surface area contributed by atoms with Crippen LogP contribution in [0.4, 0.5) is 0 Å². The molecule has 0 aliphatic carbocycles. The summed E-state index contributed by atoms with van der Waals surface area (Å²) in [5.74, 6) is 0. The molecule has 0 saturated carbocycles. The lowest BCUT2D eigenvalue weighted by molar-refractivity contribution is -0.0586. The molecule has 0 amide bonds. The number of aliphatic hydroxyl groups is 1. The summed E-state index contributed by atoms with van der Waals surface area (Å²) < 4.78 is 34.0. The maximum atomic E-state index is 10.2. The van der Waals surface area contributed by atoms with Crippen LogP contribution < -0.4 is 0 Å². The molecule has 2 aliphatic heterocycles. The normalized spacial score (nSPS) is 35.9. The van der Waals surface area contributed by atoms with Crippen LogP contribution in [-0.4, -0.2) is 84.5 Å². The molecule has 7 nitrogen and oxygen atoms in total. The molecule has 0 radical (unpaired) electrons. The van der Waals surface area contributed by atoms with Gasteiger partial charge in [0.05, 0.1) is 31.5 Å². The smallest absolute Gasteiger partial charge is 0.112 e. The van der Waals surface area contributed by atoms with Crippen LogP contribution in [-0.2, 0) is 28.4 Å². The molecule has 0 aromatic carbocycles. The van der Waals surface area contributed by atoms with Crippen LogP contribution >= 0.6 is 45.2 Å². The van der Waals surface area contributed by atoms with E-state index >= 15 is 0 Å². The van der Waals surface area contributed by atoms with Crippen LogP contribution in [0.3, 0.4) is 0 Å². The van der Waals surface area contributed by atoms with Crippen molar-refractivity contribution in [2.75, 3.05) is 40.6 Å². The third-order valence-corrected chi connectivity index (χ3v) is 6.14. The van der Waals surface area contributed by atoms with Gasteiger partial charge in [-0.2, -0.15) is 0 Å². The fourth-order valence-corrected chi connectivity index (χ4v) is 4.92. The van der Waals surface area contributed by atoms with E-state index in [1.54, 1.807) is 14.2 Å². The number of aliphatic hydroxyl groups excluding tert-OH is 1. The highest BCUT2D eigenvalue weighted by atomic mass is 127. The number of halogens is 2. The molecule has 2 heterocycles. The summed E-state index contributed by atoms with van der Waals surface area (Å²) in [5, 5.41) is 10.2. The van der Waals surface area contributed by atoms with Gasteiger partial charge in [0.25, 0.3) is 0 Å². The van der Waals surface area contributed by atoms with Crippen molar-refractivity contribution in [1.29, 1.82) is 0 Å². The number of ether oxygens (including phenoxy) is 6. The summed E-state index contributed by atoms with van der Waals surface area (Å²) in [6, 6.07) is 0. The molecule has 9 heteroatoms. The summed E-state index contributed by atoms with van der Waals surface area (Å²) in [6.45, 7) is 2.08. The van der Waals surface area contributed by atoms with Crippen LogP contribution in [0.5, 0.6) is 0 Å². The van der Waals surface area contributed by atoms with Crippen LogP contribution in [0.25, 0.3) is 0 Å². The second-order valence-electron chi connectivity index (χ2n) is 6.60. The highest BCUT2D eigenvalue weighted by molar-refractivity contribution is 14.1. The third kappa shape index (κ3) is 7.90. The Morgan fingerprint density at radius 2 is 1.31 bits per heavy atom. The van der Waals surface area contributed by atoms with Crippen molar-refractivity contribution in [3.63, 3.8) is 0 Å². The molecule has 2 rings (SSSR count). The van der Waals surface area contributed by atoms with Gasteiger partial charge in [-0.3, -0.25) is 0 Å². The van der Waals surface area contributed by atoms with Gasteiger partial charge in [-0.05, 0) is 12.8 Å². The van der Waals surface area contributed by atoms with Gasteiger partial charge < -0.3 is 33.5 Å². The molecular weight excluding hydrogens is 570 g/mol. The van der Waals surface area contributed by atoms with Gasteiger partial charge in [0.15, 0.2) is 0 Å². The van der Waals surface area contributed by atoms with Crippen LogP contribution in [0.2, 0.25) is 0 Å². The number of hydrogen-bond donors (Lipinski definition) is 1. The predicted octanol–water partition coefficient (Wildman–Crippen LogP) is 2.29. The molecule has 2 aliphatic rings. The van der Waals surface area contributed by atoms with E-state index in [1.165, 1.54) is 0 Å². The zero-order chi connectivity index (χ0) is 18.9. The summed E-state index contributed by atoms with van der Waals surface area (Å²) >= 11 is 4.54. The SMILES string of the molecule is COCC1O[C@@H](I)C[C@H]1OCCC(O)CCO[C@@H]1C[C@H](I)OC1COC. The molecule has 26 heavy (non-hydrogen) atoms. The molecule has 0 aromatic heterocycles. The minimum atomic E-state index is -0.438. The number of methoxy groups -OCH3 is 2. The van der Waals surface area contributed by atoms with Crippen molar-refractivity contribution in [2.24, 2.45) is 0 Å². The molecule has 0 aromatic rings. The molecule has 2 saturated heterocycles. The van der Waals surface area contributed by atoms with Crippen molar-refractivity contribution in [1.82, 2.24) is 0 Å². The van der Waals surface area contributed by atoms with E-state index in [-0.39, 0.29) is 32.6 Å². The maximum absolute atomic E-state index is 10.2. The Kier molecular flexibility index (Phi) is 11.4. The van der Waals surface area contributed by atoms with Gasteiger partial charge in [0.2, 0.25) is 0 Å².